The molecule has 0 saturated carbocycles. The topological polar surface area (TPSA) is 20.2 Å². The Morgan fingerprint density at radius 3 is 2.64 bits per heavy atom. The molecule has 0 spiro atoms. The Labute approximate surface area is 78.4 Å². The van der Waals surface area contributed by atoms with Gasteiger partial charge in [-0.2, -0.15) is 0 Å². The normalized spacial score (nSPS) is 13.1. The number of hydrogen-bond acceptors (Lipinski definition) is 1. The van der Waals surface area contributed by atoms with E-state index in [-0.39, 0.29) is 5.82 Å². The second-order valence-corrected chi connectivity index (χ2v) is 3.48. The first kappa shape index (κ1) is 8.93. The van der Waals surface area contributed by atoms with Gasteiger partial charge in [-0.1, -0.05) is 12.1 Å². The van der Waals surface area contributed by atoms with Crippen molar-refractivity contribution < 1.29 is 9.50 Å². The second kappa shape index (κ2) is 3.49. The SMILES string of the molecule is CC(O)c1cccc(I)c1F. The molecule has 1 atom stereocenters. The summed E-state index contributed by atoms with van der Waals surface area (Å²) in [6.45, 7) is 1.55. The molecular formula is C8H8FIO. The van der Waals surface area contributed by atoms with E-state index in [0.29, 0.717) is 9.13 Å². The van der Waals surface area contributed by atoms with E-state index in [1.165, 1.54) is 0 Å². The standard InChI is InChI=1S/C8H8FIO/c1-5(11)6-3-2-4-7(10)8(6)9/h2-5,11H,1H3. The Morgan fingerprint density at radius 1 is 1.55 bits per heavy atom. The van der Waals surface area contributed by atoms with Crippen molar-refractivity contribution in [2.75, 3.05) is 0 Å². The summed E-state index contributed by atoms with van der Waals surface area (Å²) in [7, 11) is 0. The molecule has 0 heterocycles. The Morgan fingerprint density at radius 2 is 2.18 bits per heavy atom. The molecule has 1 aromatic rings. The van der Waals surface area contributed by atoms with E-state index in [2.05, 4.69) is 0 Å². The molecule has 0 aliphatic carbocycles. The Hall–Kier alpha value is -0.160. The predicted octanol–water partition coefficient (Wildman–Crippen LogP) is 2.48. The van der Waals surface area contributed by atoms with Crippen LogP contribution < -0.4 is 0 Å². The summed E-state index contributed by atoms with van der Waals surface area (Å²) < 4.78 is 13.6. The van der Waals surface area contributed by atoms with E-state index < -0.39 is 6.10 Å². The van der Waals surface area contributed by atoms with Gasteiger partial charge in [-0.25, -0.2) is 4.39 Å². The van der Waals surface area contributed by atoms with E-state index in [4.69, 9.17) is 5.11 Å². The van der Waals surface area contributed by atoms with Gasteiger partial charge in [0.1, 0.15) is 5.82 Å². The fraction of sp³-hybridized carbons (Fsp3) is 0.250. The zero-order chi connectivity index (χ0) is 8.43. The summed E-state index contributed by atoms with van der Waals surface area (Å²) in [5.74, 6) is -0.317. The van der Waals surface area contributed by atoms with E-state index in [0.717, 1.165) is 0 Å². The van der Waals surface area contributed by atoms with Gasteiger partial charge in [0.2, 0.25) is 0 Å². The molecule has 0 aliphatic heterocycles. The number of aliphatic hydroxyl groups is 1. The number of halogens is 2. The lowest BCUT2D eigenvalue weighted by molar-refractivity contribution is 0.194. The first-order valence-electron chi connectivity index (χ1n) is 3.25. The minimum absolute atomic E-state index is 0.317. The summed E-state index contributed by atoms with van der Waals surface area (Å²) in [6.07, 6.45) is -0.732. The average Bonchev–Trinajstić information content (AvgIpc) is 1.94. The third-order valence-electron chi connectivity index (χ3n) is 1.43. The van der Waals surface area contributed by atoms with Crippen LogP contribution in [0.2, 0.25) is 0 Å². The van der Waals surface area contributed by atoms with Crippen molar-refractivity contribution in [1.29, 1.82) is 0 Å². The summed E-state index contributed by atoms with van der Waals surface area (Å²) in [4.78, 5) is 0. The first-order valence-corrected chi connectivity index (χ1v) is 4.32. The number of aliphatic hydroxyl groups excluding tert-OH is 1. The van der Waals surface area contributed by atoms with Gasteiger partial charge in [-0.15, -0.1) is 0 Å². The maximum Gasteiger partial charge on any atom is 0.142 e. The fourth-order valence-corrected chi connectivity index (χ4v) is 1.36. The van der Waals surface area contributed by atoms with Crippen molar-refractivity contribution in [3.05, 3.63) is 33.1 Å². The average molecular weight is 266 g/mol. The van der Waals surface area contributed by atoms with Gasteiger partial charge in [0.15, 0.2) is 0 Å². The van der Waals surface area contributed by atoms with E-state index >= 15 is 0 Å². The molecule has 0 amide bonds. The second-order valence-electron chi connectivity index (χ2n) is 2.32. The predicted molar refractivity (Wildman–Crippen MR) is 49.8 cm³/mol. The summed E-state index contributed by atoms with van der Waals surface area (Å²) in [5.41, 5.74) is 0.358. The Balaban J connectivity index is 3.17. The van der Waals surface area contributed by atoms with Gasteiger partial charge in [-0.05, 0) is 35.6 Å². The Bertz CT molecular complexity index is 260. The highest BCUT2D eigenvalue weighted by Crippen LogP contribution is 2.20. The van der Waals surface area contributed by atoms with E-state index in [9.17, 15) is 4.39 Å². The third-order valence-corrected chi connectivity index (χ3v) is 2.26. The van der Waals surface area contributed by atoms with Crippen LogP contribution in [0.5, 0.6) is 0 Å². The minimum atomic E-state index is -0.732. The van der Waals surface area contributed by atoms with Crippen molar-refractivity contribution in [2.45, 2.75) is 13.0 Å². The lowest BCUT2D eigenvalue weighted by Gasteiger charge is -2.06. The Kier molecular flexibility index (Phi) is 2.84. The summed E-state index contributed by atoms with van der Waals surface area (Å²) in [5, 5.41) is 9.09. The van der Waals surface area contributed by atoms with Crippen LogP contribution in [0.25, 0.3) is 0 Å². The molecule has 0 fully saturated rings. The highest BCUT2D eigenvalue weighted by Gasteiger charge is 2.09. The molecule has 11 heavy (non-hydrogen) atoms. The third kappa shape index (κ3) is 1.90. The lowest BCUT2D eigenvalue weighted by Crippen LogP contribution is -1.96. The number of hydrogen-bond donors (Lipinski definition) is 1. The maximum absolute atomic E-state index is 13.1. The maximum atomic E-state index is 13.1. The number of benzene rings is 1. The van der Waals surface area contributed by atoms with Gasteiger partial charge in [0.25, 0.3) is 0 Å². The highest BCUT2D eigenvalue weighted by molar-refractivity contribution is 14.1. The minimum Gasteiger partial charge on any atom is -0.389 e. The molecule has 1 nitrogen and oxygen atoms in total. The molecule has 1 N–H and O–H groups in total. The summed E-state index contributed by atoms with van der Waals surface area (Å²) in [6, 6.07) is 4.98. The van der Waals surface area contributed by atoms with Crippen LogP contribution in [0.1, 0.15) is 18.6 Å². The van der Waals surface area contributed by atoms with Crippen molar-refractivity contribution >= 4 is 22.6 Å². The van der Waals surface area contributed by atoms with Crippen molar-refractivity contribution in [2.24, 2.45) is 0 Å². The van der Waals surface area contributed by atoms with Crippen molar-refractivity contribution in [3.63, 3.8) is 0 Å². The van der Waals surface area contributed by atoms with Gasteiger partial charge < -0.3 is 5.11 Å². The fourth-order valence-electron chi connectivity index (χ4n) is 0.843. The molecular weight excluding hydrogens is 258 g/mol. The molecule has 0 saturated heterocycles. The molecule has 0 bridgehead atoms. The van der Waals surface area contributed by atoms with E-state index in [1.807, 2.05) is 22.6 Å². The summed E-state index contributed by atoms with van der Waals surface area (Å²) >= 11 is 1.90. The monoisotopic (exact) mass is 266 g/mol. The van der Waals surface area contributed by atoms with Crippen LogP contribution in [0.4, 0.5) is 4.39 Å². The van der Waals surface area contributed by atoms with Gasteiger partial charge >= 0.3 is 0 Å². The number of rotatable bonds is 1. The van der Waals surface area contributed by atoms with Crippen LogP contribution in [0, 0.1) is 9.39 Å². The van der Waals surface area contributed by atoms with Crippen LogP contribution in [-0.2, 0) is 0 Å². The quantitative estimate of drug-likeness (QED) is 0.774. The molecule has 0 radical (unpaired) electrons. The van der Waals surface area contributed by atoms with Crippen LogP contribution in [-0.4, -0.2) is 5.11 Å². The van der Waals surface area contributed by atoms with Crippen LogP contribution >= 0.6 is 22.6 Å². The molecule has 0 aromatic heterocycles. The molecule has 0 aliphatic rings. The van der Waals surface area contributed by atoms with Gasteiger partial charge in [0.05, 0.1) is 6.10 Å². The van der Waals surface area contributed by atoms with Crippen molar-refractivity contribution in [1.82, 2.24) is 0 Å². The molecule has 1 unspecified atom stereocenters. The largest absolute Gasteiger partial charge is 0.389 e. The van der Waals surface area contributed by atoms with Crippen molar-refractivity contribution in [3.8, 4) is 0 Å². The van der Waals surface area contributed by atoms with Gasteiger partial charge in [-0.3, -0.25) is 0 Å². The smallest absolute Gasteiger partial charge is 0.142 e. The first-order chi connectivity index (χ1) is 5.13. The molecule has 60 valence electrons. The molecule has 1 aromatic carbocycles. The molecule has 1 rings (SSSR count). The zero-order valence-corrected chi connectivity index (χ0v) is 8.17. The molecule has 3 heteroatoms. The van der Waals surface area contributed by atoms with Crippen LogP contribution in [0.15, 0.2) is 18.2 Å². The zero-order valence-electron chi connectivity index (χ0n) is 6.01. The highest BCUT2D eigenvalue weighted by atomic mass is 127. The van der Waals surface area contributed by atoms with Crippen LogP contribution in [0.3, 0.4) is 0 Å². The van der Waals surface area contributed by atoms with Gasteiger partial charge in [0, 0.05) is 9.13 Å². The lowest BCUT2D eigenvalue weighted by atomic mass is 10.1. The van der Waals surface area contributed by atoms with E-state index in [1.54, 1.807) is 25.1 Å².